The molecular formula is C16H10OS. The molecule has 1 aromatic heterocycles. The standard InChI is InChI=1S/C16H10OS/c17-16-9-14-13-6-5-10-3-1-2-4-11(10)12(13)7-8-15(14)18-16/h1-9,17H. The monoisotopic (exact) mass is 250 g/mol. The lowest BCUT2D eigenvalue weighted by Crippen LogP contribution is -1.77. The molecule has 1 heterocycles. The summed E-state index contributed by atoms with van der Waals surface area (Å²) in [5.41, 5.74) is 0. The van der Waals surface area contributed by atoms with Crippen LogP contribution in [0.3, 0.4) is 0 Å². The Balaban J connectivity index is 2.30. The van der Waals surface area contributed by atoms with Crippen molar-refractivity contribution < 1.29 is 5.11 Å². The summed E-state index contributed by atoms with van der Waals surface area (Å²) < 4.78 is 1.13. The summed E-state index contributed by atoms with van der Waals surface area (Å²) in [5.74, 6) is 0. The van der Waals surface area contributed by atoms with Crippen molar-refractivity contribution in [2.75, 3.05) is 0 Å². The SMILES string of the molecule is Oc1cc2c(ccc3c4ccccc4ccc23)s1. The number of rotatable bonds is 0. The first kappa shape index (κ1) is 9.92. The third-order valence-electron chi connectivity index (χ3n) is 3.41. The highest BCUT2D eigenvalue weighted by Gasteiger charge is 2.06. The van der Waals surface area contributed by atoms with Crippen LogP contribution < -0.4 is 0 Å². The molecule has 0 amide bonds. The fourth-order valence-electron chi connectivity index (χ4n) is 2.60. The third kappa shape index (κ3) is 1.27. The molecule has 1 N–H and O–H groups in total. The van der Waals surface area contributed by atoms with Gasteiger partial charge in [-0.25, -0.2) is 0 Å². The van der Waals surface area contributed by atoms with E-state index in [9.17, 15) is 5.11 Å². The molecule has 86 valence electrons. The molecular weight excluding hydrogens is 240 g/mol. The third-order valence-corrected chi connectivity index (χ3v) is 4.31. The van der Waals surface area contributed by atoms with Crippen molar-refractivity contribution in [2.24, 2.45) is 0 Å². The minimum Gasteiger partial charge on any atom is -0.499 e. The molecule has 3 aromatic carbocycles. The number of benzene rings is 3. The largest absolute Gasteiger partial charge is 0.499 e. The Bertz CT molecular complexity index is 889. The lowest BCUT2D eigenvalue weighted by Gasteiger charge is -2.04. The molecule has 0 radical (unpaired) electrons. The fourth-order valence-corrected chi connectivity index (χ4v) is 3.41. The van der Waals surface area contributed by atoms with Gasteiger partial charge < -0.3 is 5.11 Å². The van der Waals surface area contributed by atoms with E-state index in [1.807, 2.05) is 6.07 Å². The molecule has 0 saturated carbocycles. The van der Waals surface area contributed by atoms with Gasteiger partial charge in [0.1, 0.15) is 0 Å². The highest BCUT2D eigenvalue weighted by molar-refractivity contribution is 7.20. The number of hydrogen-bond acceptors (Lipinski definition) is 2. The Labute approximate surface area is 108 Å². The lowest BCUT2D eigenvalue weighted by molar-refractivity contribution is 0.491. The highest BCUT2D eigenvalue weighted by atomic mass is 32.1. The van der Waals surface area contributed by atoms with Gasteiger partial charge >= 0.3 is 0 Å². The van der Waals surface area contributed by atoms with Gasteiger partial charge in [-0.1, -0.05) is 53.8 Å². The van der Waals surface area contributed by atoms with Crippen LogP contribution in [0, 0.1) is 0 Å². The van der Waals surface area contributed by atoms with E-state index in [-0.39, 0.29) is 0 Å². The second-order valence-electron chi connectivity index (χ2n) is 4.44. The van der Waals surface area contributed by atoms with Crippen LogP contribution in [0.4, 0.5) is 0 Å². The normalized spacial score (nSPS) is 11.6. The van der Waals surface area contributed by atoms with Crippen molar-refractivity contribution in [3.8, 4) is 5.06 Å². The molecule has 0 unspecified atom stereocenters. The number of hydrogen-bond donors (Lipinski definition) is 1. The number of thiophene rings is 1. The summed E-state index contributed by atoms with van der Waals surface area (Å²) >= 11 is 1.43. The van der Waals surface area contributed by atoms with Crippen molar-refractivity contribution in [2.45, 2.75) is 0 Å². The first-order chi connectivity index (χ1) is 8.83. The Hall–Kier alpha value is -2.06. The fraction of sp³-hybridized carbons (Fsp3) is 0. The van der Waals surface area contributed by atoms with E-state index in [0.29, 0.717) is 5.06 Å². The molecule has 0 aliphatic carbocycles. The van der Waals surface area contributed by atoms with Crippen LogP contribution in [0.2, 0.25) is 0 Å². The zero-order chi connectivity index (χ0) is 12.1. The van der Waals surface area contributed by atoms with Crippen molar-refractivity contribution in [3.05, 3.63) is 54.6 Å². The second-order valence-corrected chi connectivity index (χ2v) is 5.51. The van der Waals surface area contributed by atoms with Gasteiger partial charge in [0.15, 0.2) is 5.06 Å². The molecule has 0 aliphatic heterocycles. The van der Waals surface area contributed by atoms with Gasteiger partial charge in [-0.2, -0.15) is 0 Å². The minimum absolute atomic E-state index is 0.380. The maximum absolute atomic E-state index is 9.65. The van der Waals surface area contributed by atoms with Crippen molar-refractivity contribution >= 4 is 43.0 Å². The Kier molecular flexibility index (Phi) is 1.91. The van der Waals surface area contributed by atoms with Crippen molar-refractivity contribution in [3.63, 3.8) is 0 Å². The molecule has 0 fully saturated rings. The Morgan fingerprint density at radius 2 is 1.50 bits per heavy atom. The molecule has 2 heteroatoms. The van der Waals surface area contributed by atoms with Crippen molar-refractivity contribution in [1.82, 2.24) is 0 Å². The Morgan fingerprint density at radius 1 is 0.722 bits per heavy atom. The van der Waals surface area contributed by atoms with Crippen LogP contribution in [0.1, 0.15) is 0 Å². The van der Waals surface area contributed by atoms with Gasteiger partial charge in [0.05, 0.1) is 0 Å². The average molecular weight is 250 g/mol. The molecule has 4 aromatic rings. The van der Waals surface area contributed by atoms with Gasteiger partial charge in [0.2, 0.25) is 0 Å². The molecule has 1 nitrogen and oxygen atoms in total. The van der Waals surface area contributed by atoms with Gasteiger partial charge in [0, 0.05) is 16.2 Å². The zero-order valence-electron chi connectivity index (χ0n) is 9.55. The van der Waals surface area contributed by atoms with Crippen molar-refractivity contribution in [1.29, 1.82) is 0 Å². The van der Waals surface area contributed by atoms with E-state index in [0.717, 1.165) is 10.1 Å². The van der Waals surface area contributed by atoms with Crippen LogP contribution in [-0.2, 0) is 0 Å². The molecule has 0 aliphatic rings. The van der Waals surface area contributed by atoms with E-state index < -0.39 is 0 Å². The van der Waals surface area contributed by atoms with E-state index in [2.05, 4.69) is 48.5 Å². The van der Waals surface area contributed by atoms with Crippen LogP contribution >= 0.6 is 11.3 Å². The van der Waals surface area contributed by atoms with Gasteiger partial charge in [-0.3, -0.25) is 0 Å². The van der Waals surface area contributed by atoms with Gasteiger partial charge in [-0.05, 0) is 27.6 Å². The summed E-state index contributed by atoms with van der Waals surface area (Å²) in [5, 5.41) is 16.1. The quantitative estimate of drug-likeness (QED) is 0.439. The van der Waals surface area contributed by atoms with Crippen LogP contribution in [0.25, 0.3) is 31.6 Å². The molecule has 4 rings (SSSR count). The van der Waals surface area contributed by atoms with Crippen LogP contribution in [0.15, 0.2) is 54.6 Å². The minimum atomic E-state index is 0.380. The maximum Gasteiger partial charge on any atom is 0.172 e. The summed E-state index contributed by atoms with van der Waals surface area (Å²) in [6.45, 7) is 0. The predicted molar refractivity (Wildman–Crippen MR) is 78.5 cm³/mol. The van der Waals surface area contributed by atoms with E-state index in [1.54, 1.807) is 0 Å². The Morgan fingerprint density at radius 3 is 2.44 bits per heavy atom. The predicted octanol–water partition coefficient (Wildman–Crippen LogP) is 4.91. The van der Waals surface area contributed by atoms with E-state index in [1.165, 1.54) is 32.9 Å². The first-order valence-corrected chi connectivity index (χ1v) is 6.67. The zero-order valence-corrected chi connectivity index (χ0v) is 10.4. The summed E-state index contributed by atoms with van der Waals surface area (Å²) in [7, 11) is 0. The summed E-state index contributed by atoms with van der Waals surface area (Å²) in [6, 6.07) is 18.8. The number of fused-ring (bicyclic) bond motifs is 5. The van der Waals surface area contributed by atoms with Crippen LogP contribution in [-0.4, -0.2) is 5.11 Å². The van der Waals surface area contributed by atoms with E-state index >= 15 is 0 Å². The molecule has 0 spiro atoms. The van der Waals surface area contributed by atoms with Gasteiger partial charge in [0.25, 0.3) is 0 Å². The van der Waals surface area contributed by atoms with Crippen LogP contribution in [0.5, 0.6) is 5.06 Å². The first-order valence-electron chi connectivity index (χ1n) is 5.86. The summed E-state index contributed by atoms with van der Waals surface area (Å²) in [4.78, 5) is 0. The maximum atomic E-state index is 9.65. The topological polar surface area (TPSA) is 20.2 Å². The number of aromatic hydroxyl groups is 1. The molecule has 0 saturated heterocycles. The second kappa shape index (κ2) is 3.47. The van der Waals surface area contributed by atoms with E-state index in [4.69, 9.17) is 0 Å². The van der Waals surface area contributed by atoms with Gasteiger partial charge in [-0.15, -0.1) is 0 Å². The summed E-state index contributed by atoms with van der Waals surface area (Å²) in [6.07, 6.45) is 0. The highest BCUT2D eigenvalue weighted by Crippen LogP contribution is 2.37. The lowest BCUT2D eigenvalue weighted by atomic mass is 10.00. The average Bonchev–Trinajstić information content (AvgIpc) is 2.79. The molecule has 0 atom stereocenters. The smallest absolute Gasteiger partial charge is 0.172 e. The molecule has 18 heavy (non-hydrogen) atoms. The molecule has 0 bridgehead atoms.